The van der Waals surface area contributed by atoms with Crippen LogP contribution in [0.2, 0.25) is 0 Å². The van der Waals surface area contributed by atoms with E-state index in [-0.39, 0.29) is 11.9 Å². The van der Waals surface area contributed by atoms with E-state index in [4.69, 9.17) is 0 Å². The highest BCUT2D eigenvalue weighted by Crippen LogP contribution is 2.10. The van der Waals surface area contributed by atoms with Crippen LogP contribution in [0.3, 0.4) is 0 Å². The van der Waals surface area contributed by atoms with Crippen LogP contribution < -0.4 is 10.6 Å². The Kier molecular flexibility index (Phi) is 2.82. The molecule has 18 heavy (non-hydrogen) atoms. The van der Waals surface area contributed by atoms with E-state index in [1.54, 1.807) is 12.5 Å². The molecule has 1 aliphatic heterocycles. The average Bonchev–Trinajstić information content (AvgIpc) is 2.87. The van der Waals surface area contributed by atoms with Gasteiger partial charge in [-0.1, -0.05) is 6.07 Å². The van der Waals surface area contributed by atoms with Crippen molar-refractivity contribution < 1.29 is 4.79 Å². The number of hydrogen-bond acceptors (Lipinski definition) is 3. The number of carbonyl (C=O) groups excluding carboxylic acids is 1. The third-order valence-electron chi connectivity index (χ3n) is 3.03. The first-order valence-electron chi connectivity index (χ1n) is 5.93. The van der Waals surface area contributed by atoms with Crippen LogP contribution in [0.1, 0.15) is 10.4 Å². The minimum absolute atomic E-state index is 0.0246. The van der Waals surface area contributed by atoms with Crippen molar-refractivity contribution in [3.05, 3.63) is 48.5 Å². The fourth-order valence-corrected chi connectivity index (χ4v) is 1.88. The third-order valence-corrected chi connectivity index (χ3v) is 3.03. The van der Waals surface area contributed by atoms with Gasteiger partial charge in [-0.15, -0.1) is 0 Å². The molecule has 1 aromatic carbocycles. The Labute approximate surface area is 105 Å². The number of hydrogen-bond donors (Lipinski definition) is 2. The topological polar surface area (TPSA) is 59.0 Å². The monoisotopic (exact) mass is 242 g/mol. The largest absolute Gasteiger partial charge is 0.347 e. The van der Waals surface area contributed by atoms with Crippen molar-refractivity contribution in [1.29, 1.82) is 0 Å². The molecule has 1 saturated heterocycles. The average molecular weight is 242 g/mol. The highest BCUT2D eigenvalue weighted by Gasteiger charge is 2.19. The molecule has 0 atom stereocenters. The number of nitrogens with zero attached hydrogens (tertiary/aromatic N) is 2. The van der Waals surface area contributed by atoms with Crippen molar-refractivity contribution in [1.82, 2.24) is 20.2 Å². The second kappa shape index (κ2) is 4.62. The first kappa shape index (κ1) is 11.0. The zero-order chi connectivity index (χ0) is 12.4. The van der Waals surface area contributed by atoms with Crippen molar-refractivity contribution in [3.63, 3.8) is 0 Å². The molecule has 0 spiro atoms. The molecular weight excluding hydrogens is 228 g/mol. The molecule has 1 fully saturated rings. The lowest BCUT2D eigenvalue weighted by Crippen LogP contribution is -2.56. The molecule has 0 aliphatic carbocycles. The number of benzene rings is 1. The zero-order valence-electron chi connectivity index (χ0n) is 9.84. The summed E-state index contributed by atoms with van der Waals surface area (Å²) in [7, 11) is 0. The predicted molar refractivity (Wildman–Crippen MR) is 67.7 cm³/mol. The number of imidazole rings is 1. The Morgan fingerprint density at radius 2 is 2.33 bits per heavy atom. The van der Waals surface area contributed by atoms with Crippen molar-refractivity contribution in [2.45, 2.75) is 6.04 Å². The maximum Gasteiger partial charge on any atom is 0.251 e. The molecule has 5 nitrogen and oxygen atoms in total. The molecule has 2 N–H and O–H groups in total. The number of rotatable bonds is 3. The second-order valence-electron chi connectivity index (χ2n) is 4.35. The van der Waals surface area contributed by atoms with E-state index >= 15 is 0 Å². The normalized spacial score (nSPS) is 15.1. The Balaban J connectivity index is 1.79. The smallest absolute Gasteiger partial charge is 0.251 e. The van der Waals surface area contributed by atoms with E-state index in [1.807, 2.05) is 35.0 Å². The summed E-state index contributed by atoms with van der Waals surface area (Å²) in [4.78, 5) is 16.0. The minimum Gasteiger partial charge on any atom is -0.347 e. The number of amides is 1. The maximum absolute atomic E-state index is 12.0. The molecule has 1 amide bonds. The molecule has 2 aromatic rings. The van der Waals surface area contributed by atoms with E-state index in [0.29, 0.717) is 5.56 Å². The highest BCUT2D eigenvalue weighted by molar-refractivity contribution is 5.95. The van der Waals surface area contributed by atoms with Gasteiger partial charge in [0.15, 0.2) is 0 Å². The van der Waals surface area contributed by atoms with Crippen molar-refractivity contribution in [3.8, 4) is 5.69 Å². The molecule has 0 radical (unpaired) electrons. The maximum atomic E-state index is 12.0. The van der Waals surface area contributed by atoms with Gasteiger partial charge in [0, 0.05) is 36.7 Å². The van der Waals surface area contributed by atoms with Gasteiger partial charge in [-0.25, -0.2) is 4.98 Å². The number of aromatic nitrogens is 2. The summed E-state index contributed by atoms with van der Waals surface area (Å²) in [6.45, 7) is 1.71. The zero-order valence-corrected chi connectivity index (χ0v) is 9.84. The van der Waals surface area contributed by atoms with E-state index in [0.717, 1.165) is 18.8 Å². The SMILES string of the molecule is O=C(NC1CNC1)c1cccc(-n2ccnc2)c1. The second-order valence-corrected chi connectivity index (χ2v) is 4.35. The summed E-state index contributed by atoms with van der Waals surface area (Å²) in [5, 5.41) is 6.10. The standard InChI is InChI=1S/C13H14N4O/c18-13(16-11-7-15-8-11)10-2-1-3-12(6-10)17-5-4-14-9-17/h1-6,9,11,15H,7-8H2,(H,16,18). The fourth-order valence-electron chi connectivity index (χ4n) is 1.88. The summed E-state index contributed by atoms with van der Waals surface area (Å²) < 4.78 is 1.88. The Morgan fingerprint density at radius 3 is 3.00 bits per heavy atom. The van der Waals surface area contributed by atoms with Crippen LogP contribution in [0, 0.1) is 0 Å². The number of carbonyl (C=O) groups is 1. The molecular formula is C13H14N4O. The summed E-state index contributed by atoms with van der Waals surface area (Å²) in [5.74, 6) is -0.0246. The summed E-state index contributed by atoms with van der Waals surface area (Å²) in [5.41, 5.74) is 1.61. The highest BCUT2D eigenvalue weighted by atomic mass is 16.1. The minimum atomic E-state index is -0.0246. The van der Waals surface area contributed by atoms with Gasteiger partial charge in [0.25, 0.3) is 5.91 Å². The molecule has 5 heteroatoms. The Morgan fingerprint density at radius 1 is 1.44 bits per heavy atom. The molecule has 1 aliphatic rings. The first-order valence-corrected chi connectivity index (χ1v) is 5.93. The lowest BCUT2D eigenvalue weighted by Gasteiger charge is -2.27. The third kappa shape index (κ3) is 2.12. The van der Waals surface area contributed by atoms with E-state index in [2.05, 4.69) is 15.6 Å². The van der Waals surface area contributed by atoms with Crippen LogP contribution in [0.15, 0.2) is 43.0 Å². The van der Waals surface area contributed by atoms with E-state index < -0.39 is 0 Å². The summed E-state index contributed by atoms with van der Waals surface area (Å²) >= 11 is 0. The van der Waals surface area contributed by atoms with Crippen molar-refractivity contribution >= 4 is 5.91 Å². The molecule has 3 rings (SSSR count). The summed E-state index contributed by atoms with van der Waals surface area (Å²) in [6.07, 6.45) is 5.28. The molecule has 0 bridgehead atoms. The van der Waals surface area contributed by atoms with Crippen LogP contribution >= 0.6 is 0 Å². The van der Waals surface area contributed by atoms with Crippen molar-refractivity contribution in [2.75, 3.05) is 13.1 Å². The molecule has 0 saturated carbocycles. The van der Waals surface area contributed by atoms with E-state index in [1.165, 1.54) is 0 Å². The molecule has 0 unspecified atom stereocenters. The lowest BCUT2D eigenvalue weighted by molar-refractivity contribution is 0.0924. The Bertz CT molecular complexity index is 546. The first-order chi connectivity index (χ1) is 8.83. The van der Waals surface area contributed by atoms with Crippen LogP contribution in [0.5, 0.6) is 0 Å². The predicted octanol–water partition coefficient (Wildman–Crippen LogP) is 0.574. The molecule has 1 aromatic heterocycles. The molecule has 2 heterocycles. The van der Waals surface area contributed by atoms with Gasteiger partial charge in [-0.3, -0.25) is 4.79 Å². The van der Waals surface area contributed by atoms with Gasteiger partial charge in [0.2, 0.25) is 0 Å². The van der Waals surface area contributed by atoms with Crippen LogP contribution in [0.25, 0.3) is 5.69 Å². The molecule has 92 valence electrons. The summed E-state index contributed by atoms with van der Waals surface area (Å²) in [6, 6.07) is 7.77. The van der Waals surface area contributed by atoms with Gasteiger partial charge >= 0.3 is 0 Å². The van der Waals surface area contributed by atoms with Gasteiger partial charge < -0.3 is 15.2 Å². The van der Waals surface area contributed by atoms with Gasteiger partial charge in [-0.2, -0.15) is 0 Å². The fraction of sp³-hybridized carbons (Fsp3) is 0.231. The lowest BCUT2D eigenvalue weighted by atomic mass is 10.1. The Hall–Kier alpha value is -2.14. The quantitative estimate of drug-likeness (QED) is 0.827. The van der Waals surface area contributed by atoms with Crippen LogP contribution in [-0.4, -0.2) is 34.6 Å². The van der Waals surface area contributed by atoms with Crippen molar-refractivity contribution in [2.24, 2.45) is 0 Å². The van der Waals surface area contributed by atoms with Crippen LogP contribution in [-0.2, 0) is 0 Å². The van der Waals surface area contributed by atoms with Crippen LogP contribution in [0.4, 0.5) is 0 Å². The van der Waals surface area contributed by atoms with Gasteiger partial charge in [-0.05, 0) is 18.2 Å². The van der Waals surface area contributed by atoms with E-state index in [9.17, 15) is 4.79 Å². The number of nitrogens with one attached hydrogen (secondary N) is 2. The van der Waals surface area contributed by atoms with Gasteiger partial charge in [0.1, 0.15) is 0 Å². The van der Waals surface area contributed by atoms with Gasteiger partial charge in [0.05, 0.1) is 12.4 Å².